The summed E-state index contributed by atoms with van der Waals surface area (Å²) in [6.07, 6.45) is 1.11. The van der Waals surface area contributed by atoms with Gasteiger partial charge in [0.2, 0.25) is 0 Å². The summed E-state index contributed by atoms with van der Waals surface area (Å²) in [6, 6.07) is 28.0. The topological polar surface area (TPSA) is 50.8 Å². The lowest BCUT2D eigenvalue weighted by molar-refractivity contribution is 0.0224. The Hall–Kier alpha value is -4.25. The summed E-state index contributed by atoms with van der Waals surface area (Å²) in [4.78, 5) is 15.2. The largest absolute Gasteiger partial charge is 0.456 e. The van der Waals surface area contributed by atoms with Gasteiger partial charge in [0.25, 0.3) is 0 Å². The van der Waals surface area contributed by atoms with Crippen molar-refractivity contribution < 1.29 is 14.3 Å². The number of benzene rings is 4. The second-order valence-electron chi connectivity index (χ2n) is 9.52. The molecule has 5 heteroatoms. The lowest BCUT2D eigenvalue weighted by Gasteiger charge is -2.37. The van der Waals surface area contributed by atoms with Crippen LogP contribution in [0.15, 0.2) is 84.9 Å². The molecule has 1 N–H and O–H groups in total. The van der Waals surface area contributed by atoms with E-state index in [0.29, 0.717) is 17.1 Å². The molecule has 0 radical (unpaired) electrons. The summed E-state index contributed by atoms with van der Waals surface area (Å²) in [5, 5.41) is 3.49. The number of esters is 1. The van der Waals surface area contributed by atoms with Crippen LogP contribution in [0.1, 0.15) is 46.0 Å². The molecule has 0 aliphatic carbocycles. The minimum atomic E-state index is -1.04. The first-order valence-corrected chi connectivity index (χ1v) is 12.3. The highest BCUT2D eigenvalue weighted by Gasteiger charge is 2.53. The van der Waals surface area contributed by atoms with E-state index in [-0.39, 0.29) is 5.97 Å². The maximum atomic E-state index is 13.0. The van der Waals surface area contributed by atoms with E-state index in [2.05, 4.69) is 54.5 Å². The Labute approximate surface area is 211 Å². The van der Waals surface area contributed by atoms with Gasteiger partial charge in [-0.25, -0.2) is 4.79 Å². The summed E-state index contributed by atoms with van der Waals surface area (Å²) in [7, 11) is 2.11. The molecule has 36 heavy (non-hydrogen) atoms. The lowest BCUT2D eigenvalue weighted by Crippen LogP contribution is -2.33. The van der Waals surface area contributed by atoms with E-state index >= 15 is 0 Å². The van der Waals surface area contributed by atoms with E-state index in [1.54, 1.807) is 0 Å². The number of rotatable bonds is 5. The van der Waals surface area contributed by atoms with Gasteiger partial charge >= 0.3 is 5.97 Å². The quantitative estimate of drug-likeness (QED) is 0.310. The van der Waals surface area contributed by atoms with E-state index in [9.17, 15) is 4.79 Å². The molecule has 0 bridgehead atoms. The molecule has 0 saturated heterocycles. The van der Waals surface area contributed by atoms with Crippen molar-refractivity contribution in [1.29, 1.82) is 0 Å². The molecule has 4 aromatic carbocycles. The van der Waals surface area contributed by atoms with Crippen molar-refractivity contribution in [3.05, 3.63) is 113 Å². The van der Waals surface area contributed by atoms with Crippen LogP contribution in [0.2, 0.25) is 0 Å². The molecular weight excluding hydrogens is 448 g/mol. The number of hydrogen-bond acceptors (Lipinski definition) is 5. The smallest absolute Gasteiger partial charge is 0.340 e. The molecule has 6 rings (SSSR count). The fourth-order valence-corrected chi connectivity index (χ4v) is 5.29. The first kappa shape index (κ1) is 22.2. The summed E-state index contributed by atoms with van der Waals surface area (Å²) < 4.78 is 12.6. The van der Waals surface area contributed by atoms with E-state index in [0.717, 1.165) is 46.6 Å². The first-order valence-electron chi connectivity index (χ1n) is 12.3. The highest BCUT2D eigenvalue weighted by atomic mass is 16.6. The second-order valence-corrected chi connectivity index (χ2v) is 9.52. The van der Waals surface area contributed by atoms with Gasteiger partial charge in [0.05, 0.1) is 5.56 Å². The van der Waals surface area contributed by atoms with Gasteiger partial charge in [-0.1, -0.05) is 36.8 Å². The van der Waals surface area contributed by atoms with Crippen LogP contribution in [0.25, 0.3) is 0 Å². The summed E-state index contributed by atoms with van der Waals surface area (Å²) in [6.45, 7) is 5.23. The summed E-state index contributed by atoms with van der Waals surface area (Å²) in [5.74, 6) is 1.04. The van der Waals surface area contributed by atoms with E-state index in [1.165, 1.54) is 5.69 Å². The average Bonchev–Trinajstić information content (AvgIpc) is 3.18. The molecule has 2 aliphatic rings. The van der Waals surface area contributed by atoms with Crippen molar-refractivity contribution in [2.75, 3.05) is 23.8 Å². The molecule has 1 spiro atoms. The van der Waals surface area contributed by atoms with E-state index < -0.39 is 5.60 Å². The monoisotopic (exact) mass is 476 g/mol. The van der Waals surface area contributed by atoms with Crippen LogP contribution in [0.3, 0.4) is 0 Å². The van der Waals surface area contributed by atoms with Crippen LogP contribution >= 0.6 is 0 Å². The van der Waals surface area contributed by atoms with Gasteiger partial charge < -0.3 is 19.7 Å². The van der Waals surface area contributed by atoms with Gasteiger partial charge in [0.15, 0.2) is 5.60 Å². The number of fused-ring (bicyclic) bond motifs is 6. The maximum Gasteiger partial charge on any atom is 0.340 e. The molecule has 5 nitrogen and oxygen atoms in total. The van der Waals surface area contributed by atoms with Crippen molar-refractivity contribution in [2.24, 2.45) is 0 Å². The third-order valence-electron chi connectivity index (χ3n) is 7.02. The van der Waals surface area contributed by atoms with Crippen molar-refractivity contribution in [3.63, 3.8) is 0 Å². The Morgan fingerprint density at radius 3 is 2.42 bits per heavy atom. The second kappa shape index (κ2) is 8.45. The van der Waals surface area contributed by atoms with Gasteiger partial charge in [-0.05, 0) is 67.9 Å². The zero-order valence-electron chi connectivity index (χ0n) is 20.7. The first-order chi connectivity index (χ1) is 17.5. The van der Waals surface area contributed by atoms with Crippen LogP contribution < -0.4 is 15.0 Å². The fourth-order valence-electron chi connectivity index (χ4n) is 5.29. The minimum absolute atomic E-state index is 0.318. The van der Waals surface area contributed by atoms with Crippen molar-refractivity contribution in [3.8, 4) is 11.5 Å². The molecule has 1 atom stereocenters. The number of nitrogens with zero attached hydrogens (tertiary/aromatic N) is 1. The third-order valence-corrected chi connectivity index (χ3v) is 7.02. The zero-order valence-corrected chi connectivity index (χ0v) is 20.7. The molecule has 1 unspecified atom stereocenters. The SMILES string of the molecule is CCCN(C)c1ccc(Nc2ccc3c(c2)Oc2ccc(C)cc2C32OC(=O)c3ccccc32)cc1. The Bertz CT molecular complexity index is 1480. The summed E-state index contributed by atoms with van der Waals surface area (Å²) in [5.41, 5.74) is 6.22. The number of ether oxygens (including phenoxy) is 2. The van der Waals surface area contributed by atoms with Crippen molar-refractivity contribution in [2.45, 2.75) is 25.9 Å². The normalized spacial score (nSPS) is 17.0. The Balaban J connectivity index is 1.41. The number of carbonyl (C=O) groups excluding carboxylic acids is 1. The minimum Gasteiger partial charge on any atom is -0.456 e. The van der Waals surface area contributed by atoms with Crippen LogP contribution in [0.4, 0.5) is 17.1 Å². The predicted octanol–water partition coefficient (Wildman–Crippen LogP) is 7.15. The molecule has 0 fully saturated rings. The van der Waals surface area contributed by atoms with Crippen LogP contribution in [0.5, 0.6) is 11.5 Å². The molecule has 2 aliphatic heterocycles. The molecule has 0 aromatic heterocycles. The van der Waals surface area contributed by atoms with Gasteiger partial charge in [-0.15, -0.1) is 0 Å². The average molecular weight is 477 g/mol. The summed E-state index contributed by atoms with van der Waals surface area (Å²) >= 11 is 0. The zero-order chi connectivity index (χ0) is 24.9. The number of nitrogens with one attached hydrogen (secondary N) is 1. The molecule has 4 aromatic rings. The molecule has 0 amide bonds. The van der Waals surface area contributed by atoms with Gasteiger partial charge in [0.1, 0.15) is 11.5 Å². The molecule has 0 saturated carbocycles. The van der Waals surface area contributed by atoms with Gasteiger partial charge in [-0.2, -0.15) is 0 Å². The number of aryl methyl sites for hydroxylation is 1. The van der Waals surface area contributed by atoms with Crippen molar-refractivity contribution in [1.82, 2.24) is 0 Å². The number of hydrogen-bond donors (Lipinski definition) is 1. The van der Waals surface area contributed by atoms with E-state index in [1.807, 2.05) is 61.5 Å². The van der Waals surface area contributed by atoms with Gasteiger partial charge in [0, 0.05) is 53.4 Å². The Morgan fingerprint density at radius 1 is 0.833 bits per heavy atom. The van der Waals surface area contributed by atoms with Gasteiger partial charge in [-0.3, -0.25) is 0 Å². The van der Waals surface area contributed by atoms with Crippen molar-refractivity contribution >= 4 is 23.0 Å². The highest BCUT2D eigenvalue weighted by molar-refractivity contribution is 5.97. The standard InChI is InChI=1S/C31H28N2O3/c1-4-17-33(3)23-13-10-21(11-14-23)32-22-12-15-26-29(19-22)35-28-16-9-20(2)18-27(28)31(26)25-8-6-5-7-24(25)30(34)36-31/h5-16,18-19,32H,4,17H2,1-3H3. The van der Waals surface area contributed by atoms with Crippen LogP contribution in [0, 0.1) is 6.92 Å². The Kier molecular flexibility index (Phi) is 5.22. The van der Waals surface area contributed by atoms with Crippen LogP contribution in [-0.2, 0) is 10.3 Å². The highest BCUT2D eigenvalue weighted by Crippen LogP contribution is 2.56. The predicted molar refractivity (Wildman–Crippen MR) is 143 cm³/mol. The Morgan fingerprint density at radius 2 is 1.61 bits per heavy atom. The fraction of sp³-hybridized carbons (Fsp3) is 0.194. The maximum absolute atomic E-state index is 13.0. The number of anilines is 3. The molecule has 180 valence electrons. The van der Waals surface area contributed by atoms with Crippen LogP contribution in [-0.4, -0.2) is 19.6 Å². The number of carbonyl (C=O) groups is 1. The van der Waals surface area contributed by atoms with E-state index in [4.69, 9.17) is 9.47 Å². The lowest BCUT2D eigenvalue weighted by atomic mass is 9.77. The molecular formula is C31H28N2O3. The third kappa shape index (κ3) is 3.42. The molecule has 2 heterocycles.